The van der Waals surface area contributed by atoms with Crippen molar-refractivity contribution in [1.82, 2.24) is 14.9 Å². The van der Waals surface area contributed by atoms with E-state index >= 15 is 0 Å². The summed E-state index contributed by atoms with van der Waals surface area (Å²) in [5.74, 6) is 1.48. The first-order valence-corrected chi connectivity index (χ1v) is 8.65. The van der Waals surface area contributed by atoms with E-state index in [9.17, 15) is 5.11 Å². The van der Waals surface area contributed by atoms with Gasteiger partial charge in [0.05, 0.1) is 12.4 Å². The standard InChI is InChI=1S/C18H30N6O/c1-12(10-19)9-17(20)23(4)15-5-7-24(8-6-15)18-21-13(2)16(11-25)14(3)22-18/h9-10,15,25H,5-8,11,19-20H2,1-4H3/b12-10-,17-9+. The number of aryl methyl sites for hydroxylation is 2. The van der Waals surface area contributed by atoms with Crippen molar-refractivity contribution < 1.29 is 5.11 Å². The average Bonchev–Trinajstić information content (AvgIpc) is 2.60. The number of nitrogens with two attached hydrogens (primary N) is 2. The number of aromatic nitrogens is 2. The van der Waals surface area contributed by atoms with Crippen LogP contribution in [-0.4, -0.2) is 46.2 Å². The molecule has 0 atom stereocenters. The van der Waals surface area contributed by atoms with E-state index in [2.05, 4.69) is 19.8 Å². The Bertz CT molecular complexity index is 639. The summed E-state index contributed by atoms with van der Waals surface area (Å²) >= 11 is 0. The molecule has 2 heterocycles. The first kappa shape index (κ1) is 19.1. The van der Waals surface area contributed by atoms with Crippen molar-refractivity contribution in [2.75, 3.05) is 25.0 Å². The van der Waals surface area contributed by atoms with Crippen LogP contribution in [-0.2, 0) is 6.61 Å². The van der Waals surface area contributed by atoms with Crippen molar-refractivity contribution in [1.29, 1.82) is 0 Å². The zero-order chi connectivity index (χ0) is 18.6. The third-order valence-corrected chi connectivity index (χ3v) is 4.91. The van der Waals surface area contributed by atoms with E-state index in [1.807, 2.05) is 33.9 Å². The minimum atomic E-state index is -0.0207. The highest BCUT2D eigenvalue weighted by Gasteiger charge is 2.25. The molecule has 1 aromatic rings. The van der Waals surface area contributed by atoms with E-state index in [1.54, 1.807) is 6.20 Å². The molecule has 1 aliphatic heterocycles. The lowest BCUT2D eigenvalue weighted by molar-refractivity contribution is 0.254. The average molecular weight is 346 g/mol. The van der Waals surface area contributed by atoms with Crippen molar-refractivity contribution in [3.8, 4) is 0 Å². The molecule has 7 nitrogen and oxygen atoms in total. The molecular weight excluding hydrogens is 316 g/mol. The molecule has 5 N–H and O–H groups in total. The molecule has 0 saturated carbocycles. The fraction of sp³-hybridized carbons (Fsp3) is 0.556. The maximum Gasteiger partial charge on any atom is 0.225 e. The second-order valence-corrected chi connectivity index (χ2v) is 6.64. The number of allylic oxidation sites excluding steroid dienone is 2. The van der Waals surface area contributed by atoms with Crippen LogP contribution < -0.4 is 16.4 Å². The Balaban J connectivity index is 2.03. The molecule has 0 radical (unpaired) electrons. The van der Waals surface area contributed by atoms with Gasteiger partial charge in [0, 0.05) is 43.1 Å². The summed E-state index contributed by atoms with van der Waals surface area (Å²) in [6.07, 6.45) is 5.43. The summed E-state index contributed by atoms with van der Waals surface area (Å²) in [6.45, 7) is 7.51. The molecule has 1 fully saturated rings. The van der Waals surface area contributed by atoms with E-state index < -0.39 is 0 Å². The van der Waals surface area contributed by atoms with Crippen LogP contribution in [0.25, 0.3) is 0 Å². The van der Waals surface area contributed by atoms with Gasteiger partial charge in [-0.3, -0.25) is 0 Å². The number of hydrogen-bond donors (Lipinski definition) is 3. The Hall–Kier alpha value is -2.28. The molecule has 0 amide bonds. The number of aliphatic hydroxyl groups excluding tert-OH is 1. The van der Waals surface area contributed by atoms with Gasteiger partial charge >= 0.3 is 0 Å². The highest BCUT2D eigenvalue weighted by molar-refractivity contribution is 5.37. The van der Waals surface area contributed by atoms with Gasteiger partial charge in [-0.25, -0.2) is 9.97 Å². The Morgan fingerprint density at radius 1 is 1.28 bits per heavy atom. The Labute approximate surface area is 150 Å². The molecule has 0 spiro atoms. The topological polar surface area (TPSA) is 105 Å². The number of hydrogen-bond acceptors (Lipinski definition) is 7. The van der Waals surface area contributed by atoms with Crippen molar-refractivity contribution in [2.45, 2.75) is 46.3 Å². The molecular formula is C18H30N6O. The highest BCUT2D eigenvalue weighted by atomic mass is 16.3. The summed E-state index contributed by atoms with van der Waals surface area (Å²) in [7, 11) is 2.02. The molecule has 138 valence electrons. The molecule has 0 bridgehead atoms. The minimum absolute atomic E-state index is 0.0207. The first-order valence-electron chi connectivity index (χ1n) is 8.65. The monoisotopic (exact) mass is 346 g/mol. The van der Waals surface area contributed by atoms with Crippen LogP contribution in [0.2, 0.25) is 0 Å². The van der Waals surface area contributed by atoms with Gasteiger partial charge in [0.2, 0.25) is 5.95 Å². The molecule has 2 rings (SSSR count). The molecule has 1 aromatic heterocycles. The Morgan fingerprint density at radius 2 is 1.84 bits per heavy atom. The Kier molecular flexibility index (Phi) is 6.25. The van der Waals surface area contributed by atoms with Gasteiger partial charge in [-0.2, -0.15) is 0 Å². The molecule has 1 saturated heterocycles. The van der Waals surface area contributed by atoms with Crippen LogP contribution in [0.1, 0.15) is 36.7 Å². The third kappa shape index (κ3) is 4.42. The predicted molar refractivity (Wildman–Crippen MR) is 101 cm³/mol. The smallest absolute Gasteiger partial charge is 0.225 e. The van der Waals surface area contributed by atoms with Crippen molar-refractivity contribution in [3.63, 3.8) is 0 Å². The molecule has 0 unspecified atom stereocenters. The van der Waals surface area contributed by atoms with Gasteiger partial charge in [0.25, 0.3) is 0 Å². The zero-order valence-electron chi connectivity index (χ0n) is 15.7. The lowest BCUT2D eigenvalue weighted by Gasteiger charge is -2.38. The SMILES string of the molecule is CC(=C/N)/C=C(\N)N(C)C1CCN(c2nc(C)c(CO)c(C)n2)CC1. The van der Waals surface area contributed by atoms with E-state index in [0.717, 1.165) is 60.2 Å². The van der Waals surface area contributed by atoms with E-state index in [-0.39, 0.29) is 6.61 Å². The maximum atomic E-state index is 9.40. The lowest BCUT2D eigenvalue weighted by Crippen LogP contribution is -2.45. The number of nitrogens with zero attached hydrogens (tertiary/aromatic N) is 4. The first-order chi connectivity index (χ1) is 11.9. The van der Waals surface area contributed by atoms with Crippen LogP contribution >= 0.6 is 0 Å². The fourth-order valence-electron chi connectivity index (χ4n) is 3.14. The van der Waals surface area contributed by atoms with Gasteiger partial charge in [-0.05, 0) is 51.5 Å². The van der Waals surface area contributed by atoms with Crippen LogP contribution in [0.5, 0.6) is 0 Å². The predicted octanol–water partition coefficient (Wildman–Crippen LogP) is 1.15. The maximum absolute atomic E-state index is 9.40. The number of rotatable bonds is 5. The lowest BCUT2D eigenvalue weighted by atomic mass is 10.0. The quantitative estimate of drug-likeness (QED) is 0.687. The molecule has 7 heteroatoms. The van der Waals surface area contributed by atoms with Crippen molar-refractivity contribution >= 4 is 5.95 Å². The van der Waals surface area contributed by atoms with Gasteiger partial charge in [-0.15, -0.1) is 0 Å². The number of piperidine rings is 1. The number of aliphatic hydroxyl groups is 1. The van der Waals surface area contributed by atoms with Crippen LogP contribution in [0.3, 0.4) is 0 Å². The molecule has 0 aromatic carbocycles. The minimum Gasteiger partial charge on any atom is -0.404 e. The van der Waals surface area contributed by atoms with Crippen LogP contribution in [0.4, 0.5) is 5.95 Å². The summed E-state index contributed by atoms with van der Waals surface area (Å²) < 4.78 is 0. The van der Waals surface area contributed by atoms with Gasteiger partial charge in [-0.1, -0.05) is 0 Å². The highest BCUT2D eigenvalue weighted by Crippen LogP contribution is 2.22. The van der Waals surface area contributed by atoms with Crippen molar-refractivity contribution in [2.24, 2.45) is 11.5 Å². The summed E-state index contributed by atoms with van der Waals surface area (Å²) in [6, 6.07) is 0.386. The van der Waals surface area contributed by atoms with Gasteiger partial charge < -0.3 is 26.4 Å². The fourth-order valence-corrected chi connectivity index (χ4v) is 3.14. The second-order valence-electron chi connectivity index (χ2n) is 6.64. The summed E-state index contributed by atoms with van der Waals surface area (Å²) in [4.78, 5) is 13.5. The zero-order valence-corrected chi connectivity index (χ0v) is 15.7. The van der Waals surface area contributed by atoms with Crippen LogP contribution in [0, 0.1) is 13.8 Å². The van der Waals surface area contributed by atoms with Crippen molar-refractivity contribution in [3.05, 3.63) is 40.6 Å². The molecule has 0 aliphatic carbocycles. The molecule has 25 heavy (non-hydrogen) atoms. The summed E-state index contributed by atoms with van der Waals surface area (Å²) in [5, 5.41) is 9.40. The third-order valence-electron chi connectivity index (χ3n) is 4.91. The summed E-state index contributed by atoms with van der Waals surface area (Å²) in [5.41, 5.74) is 15.1. The Morgan fingerprint density at radius 3 is 2.32 bits per heavy atom. The normalized spacial score (nSPS) is 17.1. The van der Waals surface area contributed by atoms with E-state index in [1.165, 1.54) is 0 Å². The largest absolute Gasteiger partial charge is 0.404 e. The van der Waals surface area contributed by atoms with Crippen LogP contribution in [0.15, 0.2) is 23.7 Å². The van der Waals surface area contributed by atoms with E-state index in [4.69, 9.17) is 11.5 Å². The van der Waals surface area contributed by atoms with Gasteiger partial charge in [0.15, 0.2) is 0 Å². The van der Waals surface area contributed by atoms with Gasteiger partial charge in [0.1, 0.15) is 0 Å². The molecule has 1 aliphatic rings. The second kappa shape index (κ2) is 8.20. The number of anilines is 1. The van der Waals surface area contributed by atoms with E-state index in [0.29, 0.717) is 6.04 Å².